The maximum atomic E-state index is 6.10. The molecular formula is C13H25N3S. The first-order valence-electron chi connectivity index (χ1n) is 6.99. The van der Waals surface area contributed by atoms with Gasteiger partial charge in [0.05, 0.1) is 0 Å². The lowest BCUT2D eigenvalue weighted by Crippen LogP contribution is -2.38. The molecule has 0 aromatic rings. The molecule has 2 saturated heterocycles. The number of hydrogen-bond donors (Lipinski definition) is 1. The van der Waals surface area contributed by atoms with Crippen LogP contribution in [0.15, 0.2) is 4.99 Å². The minimum absolute atomic E-state index is 0.763. The average Bonchev–Trinajstić information content (AvgIpc) is 2.66. The number of likely N-dealkylation sites (tertiary alicyclic amines) is 1. The summed E-state index contributed by atoms with van der Waals surface area (Å²) in [5, 5.41) is 0. The van der Waals surface area contributed by atoms with Crippen molar-refractivity contribution in [3.63, 3.8) is 0 Å². The van der Waals surface area contributed by atoms with E-state index in [4.69, 9.17) is 5.73 Å². The van der Waals surface area contributed by atoms with Crippen molar-refractivity contribution in [3.8, 4) is 0 Å². The van der Waals surface area contributed by atoms with Gasteiger partial charge >= 0.3 is 0 Å². The molecule has 0 saturated carbocycles. The van der Waals surface area contributed by atoms with E-state index in [0.717, 1.165) is 31.5 Å². The maximum absolute atomic E-state index is 6.10. The zero-order chi connectivity index (χ0) is 11.9. The third kappa shape index (κ3) is 4.41. The van der Waals surface area contributed by atoms with Crippen LogP contribution in [-0.2, 0) is 0 Å². The summed E-state index contributed by atoms with van der Waals surface area (Å²) in [5.41, 5.74) is 6.10. The van der Waals surface area contributed by atoms with Crippen molar-refractivity contribution >= 4 is 17.7 Å². The van der Waals surface area contributed by atoms with E-state index in [1.54, 1.807) is 0 Å². The highest BCUT2D eigenvalue weighted by Crippen LogP contribution is 2.22. The second-order valence-corrected chi connectivity index (χ2v) is 6.33. The molecule has 1 atom stereocenters. The minimum Gasteiger partial charge on any atom is -0.370 e. The normalized spacial score (nSPS) is 27.9. The second-order valence-electron chi connectivity index (χ2n) is 5.18. The van der Waals surface area contributed by atoms with Crippen LogP contribution in [0.3, 0.4) is 0 Å². The Hall–Kier alpha value is -0.380. The van der Waals surface area contributed by atoms with Crippen molar-refractivity contribution in [1.29, 1.82) is 0 Å². The Kier molecular flexibility index (Phi) is 5.49. The molecule has 2 rings (SSSR count). The summed E-state index contributed by atoms with van der Waals surface area (Å²) in [6.45, 7) is 3.15. The van der Waals surface area contributed by atoms with Gasteiger partial charge in [-0.15, -0.1) is 0 Å². The van der Waals surface area contributed by atoms with Gasteiger partial charge in [0.2, 0.25) is 0 Å². The van der Waals surface area contributed by atoms with Crippen molar-refractivity contribution in [2.45, 2.75) is 38.5 Å². The third-order valence-electron chi connectivity index (χ3n) is 3.70. The van der Waals surface area contributed by atoms with Crippen LogP contribution in [-0.4, -0.2) is 42.0 Å². The zero-order valence-electron chi connectivity index (χ0n) is 10.7. The van der Waals surface area contributed by atoms with Gasteiger partial charge in [-0.2, -0.15) is 11.8 Å². The van der Waals surface area contributed by atoms with Crippen LogP contribution < -0.4 is 5.73 Å². The molecule has 0 aromatic carbocycles. The first-order chi connectivity index (χ1) is 8.36. The molecule has 3 nitrogen and oxygen atoms in total. The Bertz CT molecular complexity index is 241. The summed E-state index contributed by atoms with van der Waals surface area (Å²) in [6.07, 6.45) is 7.94. The van der Waals surface area contributed by atoms with Gasteiger partial charge in [0.25, 0.3) is 0 Å². The van der Waals surface area contributed by atoms with Crippen LogP contribution in [0.4, 0.5) is 0 Å². The van der Waals surface area contributed by atoms with Gasteiger partial charge in [-0.05, 0) is 43.1 Å². The Morgan fingerprint density at radius 1 is 1.18 bits per heavy atom. The summed E-state index contributed by atoms with van der Waals surface area (Å²) in [6, 6.07) is 0. The monoisotopic (exact) mass is 255 g/mol. The molecule has 2 N–H and O–H groups in total. The fraction of sp³-hybridized carbons (Fsp3) is 0.923. The maximum Gasteiger partial charge on any atom is 0.191 e. The topological polar surface area (TPSA) is 41.6 Å². The lowest BCUT2D eigenvalue weighted by Gasteiger charge is -2.23. The van der Waals surface area contributed by atoms with Gasteiger partial charge in [0.15, 0.2) is 5.96 Å². The molecule has 0 radical (unpaired) electrons. The molecule has 1 unspecified atom stereocenters. The molecule has 0 spiro atoms. The van der Waals surface area contributed by atoms with E-state index in [-0.39, 0.29) is 0 Å². The van der Waals surface area contributed by atoms with Crippen molar-refractivity contribution in [3.05, 3.63) is 0 Å². The molecule has 2 aliphatic heterocycles. The van der Waals surface area contributed by atoms with Crippen LogP contribution in [0.25, 0.3) is 0 Å². The summed E-state index contributed by atoms with van der Waals surface area (Å²) in [5.74, 6) is 4.17. The highest BCUT2D eigenvalue weighted by atomic mass is 32.2. The molecule has 17 heavy (non-hydrogen) atoms. The molecule has 98 valence electrons. The predicted octanol–water partition coefficient (Wildman–Crippen LogP) is 2.32. The van der Waals surface area contributed by atoms with Crippen LogP contribution in [0.5, 0.6) is 0 Å². The SMILES string of the molecule is NC(=NCC1CCCSC1)N1CCCCCC1. The van der Waals surface area contributed by atoms with Crippen LogP contribution >= 0.6 is 11.8 Å². The standard InChI is InChI=1S/C13H25N3S/c14-13(16-7-3-1-2-4-8-16)15-10-12-6-5-9-17-11-12/h12H,1-11H2,(H2,14,15). The van der Waals surface area contributed by atoms with Crippen molar-refractivity contribution < 1.29 is 0 Å². The summed E-state index contributed by atoms with van der Waals surface area (Å²) < 4.78 is 0. The number of aliphatic imine (C=N–C) groups is 1. The van der Waals surface area contributed by atoms with E-state index >= 15 is 0 Å². The quantitative estimate of drug-likeness (QED) is 0.608. The smallest absolute Gasteiger partial charge is 0.191 e. The highest BCUT2D eigenvalue weighted by Gasteiger charge is 2.15. The zero-order valence-corrected chi connectivity index (χ0v) is 11.6. The third-order valence-corrected chi connectivity index (χ3v) is 4.98. The van der Waals surface area contributed by atoms with Gasteiger partial charge in [-0.25, -0.2) is 0 Å². The molecule has 0 aromatic heterocycles. The van der Waals surface area contributed by atoms with E-state index in [2.05, 4.69) is 21.7 Å². The Morgan fingerprint density at radius 3 is 2.59 bits per heavy atom. The molecule has 4 heteroatoms. The number of hydrogen-bond acceptors (Lipinski definition) is 2. The van der Waals surface area contributed by atoms with Gasteiger partial charge in [0.1, 0.15) is 0 Å². The average molecular weight is 255 g/mol. The molecule has 2 heterocycles. The van der Waals surface area contributed by atoms with E-state index in [1.807, 2.05) is 0 Å². The summed E-state index contributed by atoms with van der Waals surface area (Å²) in [7, 11) is 0. The number of rotatable bonds is 2. The number of thioether (sulfide) groups is 1. The number of guanidine groups is 1. The van der Waals surface area contributed by atoms with Gasteiger partial charge < -0.3 is 10.6 Å². The lowest BCUT2D eigenvalue weighted by molar-refractivity contribution is 0.425. The van der Waals surface area contributed by atoms with E-state index in [0.29, 0.717) is 0 Å². The van der Waals surface area contributed by atoms with Crippen LogP contribution in [0.1, 0.15) is 38.5 Å². The molecule has 2 fully saturated rings. The Labute approximate surface area is 109 Å². The van der Waals surface area contributed by atoms with Crippen molar-refractivity contribution in [1.82, 2.24) is 4.90 Å². The van der Waals surface area contributed by atoms with Crippen molar-refractivity contribution in [2.75, 3.05) is 31.1 Å². The number of nitrogens with zero attached hydrogens (tertiary/aromatic N) is 2. The molecule has 0 aliphatic carbocycles. The van der Waals surface area contributed by atoms with Gasteiger partial charge in [-0.3, -0.25) is 4.99 Å². The van der Waals surface area contributed by atoms with E-state index in [1.165, 1.54) is 50.0 Å². The lowest BCUT2D eigenvalue weighted by atomic mass is 10.1. The number of nitrogens with two attached hydrogens (primary N) is 1. The molecular weight excluding hydrogens is 230 g/mol. The first kappa shape index (κ1) is 13.1. The fourth-order valence-electron chi connectivity index (χ4n) is 2.57. The molecule has 0 amide bonds. The first-order valence-corrected chi connectivity index (χ1v) is 8.14. The van der Waals surface area contributed by atoms with Gasteiger partial charge in [0, 0.05) is 19.6 Å². The largest absolute Gasteiger partial charge is 0.370 e. The molecule has 0 bridgehead atoms. The summed E-state index contributed by atoms with van der Waals surface area (Å²) in [4.78, 5) is 6.90. The Balaban J connectivity index is 1.78. The molecule has 2 aliphatic rings. The Morgan fingerprint density at radius 2 is 1.94 bits per heavy atom. The predicted molar refractivity (Wildman–Crippen MR) is 76.6 cm³/mol. The van der Waals surface area contributed by atoms with Crippen molar-refractivity contribution in [2.24, 2.45) is 16.6 Å². The van der Waals surface area contributed by atoms with E-state index < -0.39 is 0 Å². The highest BCUT2D eigenvalue weighted by molar-refractivity contribution is 7.99. The summed E-state index contributed by atoms with van der Waals surface area (Å²) >= 11 is 2.07. The van der Waals surface area contributed by atoms with E-state index in [9.17, 15) is 0 Å². The second kappa shape index (κ2) is 7.14. The minimum atomic E-state index is 0.763. The van der Waals surface area contributed by atoms with Gasteiger partial charge in [-0.1, -0.05) is 12.8 Å². The van der Waals surface area contributed by atoms with Crippen LogP contribution in [0, 0.1) is 5.92 Å². The fourth-order valence-corrected chi connectivity index (χ4v) is 3.72. The van der Waals surface area contributed by atoms with Crippen LogP contribution in [0.2, 0.25) is 0 Å².